The van der Waals surface area contributed by atoms with E-state index in [1.54, 1.807) is 0 Å². The second-order valence-corrected chi connectivity index (χ2v) is 7.54. The molecule has 0 radical (unpaired) electrons. The van der Waals surface area contributed by atoms with Crippen molar-refractivity contribution in [1.82, 2.24) is 4.31 Å². The molecule has 0 aliphatic rings. The molecule has 0 unspecified atom stereocenters. The molecule has 0 fully saturated rings. The molecule has 2 rings (SSSR count). The van der Waals surface area contributed by atoms with Crippen LogP contribution in [0.5, 0.6) is 0 Å². The van der Waals surface area contributed by atoms with Gasteiger partial charge in [-0.15, -0.1) is 0 Å². The molecule has 0 heterocycles. The zero-order valence-electron chi connectivity index (χ0n) is 13.5. The minimum absolute atomic E-state index is 0.146. The summed E-state index contributed by atoms with van der Waals surface area (Å²) in [5, 5.41) is 0. The van der Waals surface area contributed by atoms with E-state index < -0.39 is 28.3 Å². The Morgan fingerprint density at radius 3 is 2.32 bits per heavy atom. The molecule has 2 aromatic carbocycles. The van der Waals surface area contributed by atoms with Crippen LogP contribution in [0.25, 0.3) is 0 Å². The molecule has 0 aliphatic carbocycles. The van der Waals surface area contributed by atoms with Crippen molar-refractivity contribution < 1.29 is 26.4 Å². The van der Waals surface area contributed by atoms with Crippen LogP contribution < -0.4 is 0 Å². The molecule has 2 aromatic rings. The molecular weight excluding hydrogens is 355 g/mol. The van der Waals surface area contributed by atoms with Gasteiger partial charge in [0.15, 0.2) is 5.78 Å². The van der Waals surface area contributed by atoms with Crippen LogP contribution in [0.3, 0.4) is 0 Å². The molecule has 0 aliphatic heterocycles. The third-order valence-corrected chi connectivity index (χ3v) is 5.46. The first-order valence-corrected chi connectivity index (χ1v) is 8.70. The lowest BCUT2D eigenvalue weighted by Gasteiger charge is -2.20. The number of rotatable bonds is 5. The quantitative estimate of drug-likeness (QED) is 0.753. The molecular formula is C17H16F3NO3S. The molecule has 4 nitrogen and oxygen atoms in total. The monoisotopic (exact) mass is 371 g/mol. The summed E-state index contributed by atoms with van der Waals surface area (Å²) in [6, 6.07) is 10.2. The number of benzene rings is 2. The number of carbonyl (C=O) groups excluding carboxylic acids is 1. The fourth-order valence-electron chi connectivity index (χ4n) is 2.32. The van der Waals surface area contributed by atoms with E-state index in [2.05, 4.69) is 0 Å². The van der Waals surface area contributed by atoms with Gasteiger partial charge in [0.1, 0.15) is 0 Å². The number of ketones is 1. The van der Waals surface area contributed by atoms with E-state index in [1.165, 1.54) is 56.4 Å². The average molecular weight is 371 g/mol. The number of nitrogens with zero attached hydrogens (tertiary/aromatic N) is 1. The smallest absolute Gasteiger partial charge is 0.295 e. The third-order valence-electron chi connectivity index (χ3n) is 3.66. The van der Waals surface area contributed by atoms with E-state index in [4.69, 9.17) is 0 Å². The van der Waals surface area contributed by atoms with Crippen LogP contribution in [0.2, 0.25) is 0 Å². The number of halogens is 3. The minimum atomic E-state index is -4.57. The summed E-state index contributed by atoms with van der Waals surface area (Å²) in [4.78, 5) is 11.3. The molecule has 0 amide bonds. The minimum Gasteiger partial charge on any atom is -0.295 e. The van der Waals surface area contributed by atoms with Gasteiger partial charge < -0.3 is 0 Å². The normalized spacial score (nSPS) is 12.4. The van der Waals surface area contributed by atoms with E-state index in [1.807, 2.05) is 0 Å². The zero-order valence-corrected chi connectivity index (χ0v) is 14.4. The van der Waals surface area contributed by atoms with Crippen molar-refractivity contribution in [1.29, 1.82) is 0 Å². The van der Waals surface area contributed by atoms with Crippen molar-refractivity contribution in [2.45, 2.75) is 24.5 Å². The van der Waals surface area contributed by atoms with Gasteiger partial charge in [0.2, 0.25) is 10.0 Å². The first-order chi connectivity index (χ1) is 11.5. The molecule has 0 aromatic heterocycles. The molecule has 0 bridgehead atoms. The standard InChI is InChI=1S/C17H16F3NO3S/c1-12(22)13-7-5-8-15(10-13)25(23,24)21(2)11-14-6-3-4-9-16(14)17(18,19)20/h3-10H,11H2,1-2H3. The lowest BCUT2D eigenvalue weighted by Crippen LogP contribution is -2.27. The number of hydrogen-bond acceptors (Lipinski definition) is 3. The molecule has 0 saturated heterocycles. The van der Waals surface area contributed by atoms with Crippen molar-refractivity contribution in [3.63, 3.8) is 0 Å². The maximum atomic E-state index is 13.1. The topological polar surface area (TPSA) is 54.5 Å². The molecule has 0 N–H and O–H groups in total. The van der Waals surface area contributed by atoms with E-state index in [-0.39, 0.29) is 21.8 Å². The first kappa shape index (κ1) is 19.1. The zero-order chi connectivity index (χ0) is 18.8. The van der Waals surface area contributed by atoms with E-state index >= 15 is 0 Å². The SMILES string of the molecule is CC(=O)c1cccc(S(=O)(=O)N(C)Cc2ccccc2C(F)(F)F)c1. The van der Waals surface area contributed by atoms with Crippen molar-refractivity contribution >= 4 is 15.8 Å². The van der Waals surface area contributed by atoms with E-state index in [0.717, 1.165) is 10.4 Å². The van der Waals surface area contributed by atoms with Gasteiger partial charge in [-0.05, 0) is 30.7 Å². The van der Waals surface area contributed by atoms with Crippen molar-refractivity contribution in [3.8, 4) is 0 Å². The number of Topliss-reactive ketones (excluding diaryl/α,β-unsaturated/α-hetero) is 1. The van der Waals surface area contributed by atoms with Gasteiger partial charge in [0.05, 0.1) is 10.5 Å². The Morgan fingerprint density at radius 2 is 1.72 bits per heavy atom. The van der Waals surface area contributed by atoms with Gasteiger partial charge in [-0.3, -0.25) is 4.79 Å². The summed E-state index contributed by atoms with van der Waals surface area (Å²) in [5.41, 5.74) is -0.816. The molecule has 0 spiro atoms. The predicted octanol–water partition coefficient (Wildman–Crippen LogP) is 3.73. The Kier molecular flexibility index (Phi) is 5.34. The van der Waals surface area contributed by atoms with Gasteiger partial charge in [-0.25, -0.2) is 8.42 Å². The van der Waals surface area contributed by atoms with Gasteiger partial charge in [0.25, 0.3) is 0 Å². The highest BCUT2D eigenvalue weighted by molar-refractivity contribution is 7.89. The lowest BCUT2D eigenvalue weighted by atomic mass is 10.1. The average Bonchev–Trinajstić information content (AvgIpc) is 2.54. The number of sulfonamides is 1. The highest BCUT2D eigenvalue weighted by Crippen LogP contribution is 2.32. The summed E-state index contributed by atoms with van der Waals surface area (Å²) in [7, 11) is -2.84. The number of hydrogen-bond donors (Lipinski definition) is 0. The van der Waals surface area contributed by atoms with Crippen LogP contribution in [0.1, 0.15) is 28.4 Å². The first-order valence-electron chi connectivity index (χ1n) is 7.26. The van der Waals surface area contributed by atoms with Crippen LogP contribution in [0, 0.1) is 0 Å². The second kappa shape index (κ2) is 6.97. The Morgan fingerprint density at radius 1 is 1.08 bits per heavy atom. The van der Waals surface area contributed by atoms with Gasteiger partial charge in [0, 0.05) is 19.2 Å². The summed E-state index contributed by atoms with van der Waals surface area (Å²) in [6.07, 6.45) is -4.57. The van der Waals surface area contributed by atoms with E-state index in [0.29, 0.717) is 0 Å². The van der Waals surface area contributed by atoms with Crippen molar-refractivity contribution in [2.75, 3.05) is 7.05 Å². The number of alkyl halides is 3. The van der Waals surface area contributed by atoms with Gasteiger partial charge >= 0.3 is 6.18 Å². The van der Waals surface area contributed by atoms with Crippen LogP contribution in [-0.2, 0) is 22.7 Å². The Balaban J connectivity index is 2.37. The maximum absolute atomic E-state index is 13.1. The van der Waals surface area contributed by atoms with Crippen molar-refractivity contribution in [2.24, 2.45) is 0 Å². The molecule has 134 valence electrons. The van der Waals surface area contributed by atoms with Crippen LogP contribution in [0.15, 0.2) is 53.4 Å². The summed E-state index contributed by atoms with van der Waals surface area (Å²) in [6.45, 7) is 0.858. The maximum Gasteiger partial charge on any atom is 0.416 e. The fraction of sp³-hybridized carbons (Fsp3) is 0.235. The highest BCUT2D eigenvalue weighted by Gasteiger charge is 2.34. The highest BCUT2D eigenvalue weighted by atomic mass is 32.2. The number of carbonyl (C=O) groups is 1. The molecule has 0 atom stereocenters. The third kappa shape index (κ3) is 4.26. The fourth-order valence-corrected chi connectivity index (χ4v) is 3.51. The predicted molar refractivity (Wildman–Crippen MR) is 86.5 cm³/mol. The largest absolute Gasteiger partial charge is 0.416 e. The summed E-state index contributed by atoms with van der Waals surface area (Å²) < 4.78 is 65.2. The van der Waals surface area contributed by atoms with Gasteiger partial charge in [-0.1, -0.05) is 30.3 Å². The van der Waals surface area contributed by atoms with Crippen LogP contribution in [0.4, 0.5) is 13.2 Å². The molecule has 0 saturated carbocycles. The van der Waals surface area contributed by atoms with Crippen LogP contribution >= 0.6 is 0 Å². The van der Waals surface area contributed by atoms with Crippen molar-refractivity contribution in [3.05, 3.63) is 65.2 Å². The molecule has 8 heteroatoms. The second-order valence-electron chi connectivity index (χ2n) is 5.50. The summed E-state index contributed by atoms with van der Waals surface area (Å²) in [5.74, 6) is -0.304. The Hall–Kier alpha value is -2.19. The lowest BCUT2D eigenvalue weighted by molar-refractivity contribution is -0.138. The van der Waals surface area contributed by atoms with Gasteiger partial charge in [-0.2, -0.15) is 17.5 Å². The molecule has 25 heavy (non-hydrogen) atoms. The Labute approximate surface area is 143 Å². The van der Waals surface area contributed by atoms with E-state index in [9.17, 15) is 26.4 Å². The summed E-state index contributed by atoms with van der Waals surface area (Å²) >= 11 is 0. The van der Waals surface area contributed by atoms with Crippen LogP contribution in [-0.4, -0.2) is 25.6 Å². The Bertz CT molecular complexity index is 892.